The monoisotopic (exact) mass is 241 g/mol. The van der Waals surface area contributed by atoms with Gasteiger partial charge in [0.2, 0.25) is 0 Å². The predicted molar refractivity (Wildman–Crippen MR) is 62.3 cm³/mol. The van der Waals surface area contributed by atoms with E-state index in [1.54, 1.807) is 6.07 Å². The topological polar surface area (TPSA) is 90.9 Å². The highest BCUT2D eigenvalue weighted by atomic mass is 19.1. The van der Waals surface area contributed by atoms with Gasteiger partial charge in [0, 0.05) is 18.2 Å². The molecule has 5 nitrogen and oxygen atoms in total. The predicted octanol–water partition coefficient (Wildman–Crippen LogP) is 0.391. The zero-order chi connectivity index (χ0) is 12.8. The molecule has 1 aromatic rings. The van der Waals surface area contributed by atoms with Crippen molar-refractivity contribution in [2.75, 3.05) is 6.61 Å². The number of oxime groups is 1. The minimum absolute atomic E-state index is 0.00239. The summed E-state index contributed by atoms with van der Waals surface area (Å²) in [6, 6.07) is 4.08. The van der Waals surface area contributed by atoms with Crippen LogP contribution in [0, 0.1) is 5.82 Å². The minimum Gasteiger partial charge on any atom is -0.409 e. The smallest absolute Gasteiger partial charge is 0.170 e. The van der Waals surface area contributed by atoms with Crippen LogP contribution in [0.5, 0.6) is 0 Å². The number of amidine groups is 1. The summed E-state index contributed by atoms with van der Waals surface area (Å²) in [6.07, 6.45) is 0. The van der Waals surface area contributed by atoms with Crippen LogP contribution in [0.15, 0.2) is 23.4 Å². The second kappa shape index (κ2) is 6.17. The SMILES string of the molecule is CC(CO)NCc1cc(F)cc(/C(N)=N/O)c1. The lowest BCUT2D eigenvalue weighted by Gasteiger charge is -2.11. The van der Waals surface area contributed by atoms with Crippen molar-refractivity contribution in [1.82, 2.24) is 5.32 Å². The van der Waals surface area contributed by atoms with Crippen LogP contribution in [-0.4, -0.2) is 28.8 Å². The normalized spacial score (nSPS) is 13.7. The molecule has 0 aliphatic rings. The molecule has 5 N–H and O–H groups in total. The zero-order valence-corrected chi connectivity index (χ0v) is 9.52. The molecule has 0 bridgehead atoms. The van der Waals surface area contributed by atoms with Gasteiger partial charge < -0.3 is 21.4 Å². The number of aliphatic hydroxyl groups excluding tert-OH is 1. The highest BCUT2D eigenvalue weighted by Gasteiger charge is 2.06. The highest BCUT2D eigenvalue weighted by molar-refractivity contribution is 5.97. The van der Waals surface area contributed by atoms with Crippen LogP contribution in [0.1, 0.15) is 18.1 Å². The average Bonchev–Trinajstić information content (AvgIpc) is 2.34. The number of aliphatic hydroxyl groups is 1. The van der Waals surface area contributed by atoms with E-state index in [1.165, 1.54) is 12.1 Å². The summed E-state index contributed by atoms with van der Waals surface area (Å²) in [5.74, 6) is -0.594. The van der Waals surface area contributed by atoms with E-state index in [2.05, 4.69) is 10.5 Å². The Morgan fingerprint density at radius 2 is 2.24 bits per heavy atom. The molecule has 6 heteroatoms. The third kappa shape index (κ3) is 4.01. The lowest BCUT2D eigenvalue weighted by atomic mass is 10.1. The summed E-state index contributed by atoms with van der Waals surface area (Å²) < 4.78 is 13.3. The largest absolute Gasteiger partial charge is 0.409 e. The maximum atomic E-state index is 13.3. The van der Waals surface area contributed by atoms with Gasteiger partial charge in [-0.2, -0.15) is 0 Å². The van der Waals surface area contributed by atoms with Gasteiger partial charge in [0.1, 0.15) is 5.82 Å². The van der Waals surface area contributed by atoms with Crippen molar-refractivity contribution in [2.45, 2.75) is 19.5 Å². The van der Waals surface area contributed by atoms with E-state index in [0.717, 1.165) is 0 Å². The van der Waals surface area contributed by atoms with Crippen LogP contribution in [-0.2, 0) is 6.54 Å². The number of hydrogen-bond acceptors (Lipinski definition) is 4. The molecular formula is C11H16FN3O2. The standard InChI is InChI=1S/C11H16FN3O2/c1-7(6-16)14-5-8-2-9(11(13)15-17)4-10(12)3-8/h2-4,7,14,16-17H,5-6H2,1H3,(H2,13,15). The first-order chi connectivity index (χ1) is 8.06. The number of nitrogens with zero attached hydrogens (tertiary/aromatic N) is 1. The van der Waals surface area contributed by atoms with Gasteiger partial charge in [-0.05, 0) is 30.7 Å². The van der Waals surface area contributed by atoms with Crippen molar-refractivity contribution < 1.29 is 14.7 Å². The van der Waals surface area contributed by atoms with E-state index >= 15 is 0 Å². The van der Waals surface area contributed by atoms with Crippen LogP contribution < -0.4 is 11.1 Å². The van der Waals surface area contributed by atoms with Gasteiger partial charge in [0.15, 0.2) is 5.84 Å². The van der Waals surface area contributed by atoms with Crippen LogP contribution in [0.2, 0.25) is 0 Å². The van der Waals surface area contributed by atoms with E-state index in [9.17, 15) is 4.39 Å². The van der Waals surface area contributed by atoms with Gasteiger partial charge >= 0.3 is 0 Å². The molecule has 1 rings (SSSR count). The Labute approximate surface area is 98.7 Å². The molecule has 0 saturated carbocycles. The van der Waals surface area contributed by atoms with Crippen molar-refractivity contribution in [3.05, 3.63) is 35.1 Å². The average molecular weight is 241 g/mol. The van der Waals surface area contributed by atoms with Crippen molar-refractivity contribution in [1.29, 1.82) is 0 Å². The van der Waals surface area contributed by atoms with Crippen LogP contribution in [0.4, 0.5) is 4.39 Å². The third-order valence-electron chi connectivity index (χ3n) is 2.29. The Morgan fingerprint density at radius 1 is 1.53 bits per heavy atom. The maximum Gasteiger partial charge on any atom is 0.170 e. The van der Waals surface area contributed by atoms with Crippen molar-refractivity contribution in [3.8, 4) is 0 Å². The molecule has 0 heterocycles. The molecule has 1 atom stereocenters. The first kappa shape index (κ1) is 13.4. The molecule has 1 aromatic carbocycles. The Balaban J connectivity index is 2.83. The fraction of sp³-hybridized carbons (Fsp3) is 0.364. The van der Waals surface area contributed by atoms with Crippen molar-refractivity contribution >= 4 is 5.84 Å². The summed E-state index contributed by atoms with van der Waals surface area (Å²) in [4.78, 5) is 0. The van der Waals surface area contributed by atoms with Gasteiger partial charge in [0.05, 0.1) is 6.61 Å². The second-order valence-electron chi connectivity index (χ2n) is 3.80. The fourth-order valence-corrected chi connectivity index (χ4v) is 1.31. The number of rotatable bonds is 5. The number of benzene rings is 1. The zero-order valence-electron chi connectivity index (χ0n) is 9.52. The summed E-state index contributed by atoms with van der Waals surface area (Å²) in [6.45, 7) is 2.21. The van der Waals surface area contributed by atoms with Gasteiger partial charge in [0.25, 0.3) is 0 Å². The van der Waals surface area contributed by atoms with Gasteiger partial charge in [-0.15, -0.1) is 0 Å². The van der Waals surface area contributed by atoms with Gasteiger partial charge in [-0.1, -0.05) is 5.16 Å². The van der Waals surface area contributed by atoms with Crippen LogP contribution in [0.25, 0.3) is 0 Å². The molecule has 0 radical (unpaired) electrons. The van der Waals surface area contributed by atoms with E-state index in [-0.39, 0.29) is 18.5 Å². The van der Waals surface area contributed by atoms with E-state index in [4.69, 9.17) is 16.0 Å². The van der Waals surface area contributed by atoms with E-state index < -0.39 is 5.82 Å². The summed E-state index contributed by atoms with van der Waals surface area (Å²) >= 11 is 0. The highest BCUT2D eigenvalue weighted by Crippen LogP contribution is 2.09. The Morgan fingerprint density at radius 3 is 2.82 bits per heavy atom. The van der Waals surface area contributed by atoms with Crippen LogP contribution in [0.3, 0.4) is 0 Å². The second-order valence-corrected chi connectivity index (χ2v) is 3.80. The molecule has 0 aliphatic carbocycles. The number of nitrogens with one attached hydrogen (secondary N) is 1. The number of halogens is 1. The minimum atomic E-state index is -0.456. The molecule has 0 aromatic heterocycles. The fourth-order valence-electron chi connectivity index (χ4n) is 1.31. The molecule has 0 spiro atoms. The van der Waals surface area contributed by atoms with Crippen molar-refractivity contribution in [2.24, 2.45) is 10.9 Å². The number of hydrogen-bond donors (Lipinski definition) is 4. The molecule has 0 saturated heterocycles. The first-order valence-electron chi connectivity index (χ1n) is 5.18. The summed E-state index contributed by atoms with van der Waals surface area (Å²) in [7, 11) is 0. The summed E-state index contributed by atoms with van der Waals surface area (Å²) in [5, 5.41) is 23.2. The quantitative estimate of drug-likeness (QED) is 0.260. The van der Waals surface area contributed by atoms with Crippen LogP contribution >= 0.6 is 0 Å². The maximum absolute atomic E-state index is 13.3. The lowest BCUT2D eigenvalue weighted by molar-refractivity contribution is 0.251. The Hall–Kier alpha value is -1.66. The lowest BCUT2D eigenvalue weighted by Crippen LogP contribution is -2.28. The van der Waals surface area contributed by atoms with Gasteiger partial charge in [-0.3, -0.25) is 0 Å². The van der Waals surface area contributed by atoms with Crippen molar-refractivity contribution in [3.63, 3.8) is 0 Å². The number of nitrogens with two attached hydrogens (primary N) is 1. The Bertz CT molecular complexity index is 410. The molecule has 0 amide bonds. The van der Waals surface area contributed by atoms with E-state index in [0.29, 0.717) is 17.7 Å². The molecule has 0 fully saturated rings. The molecule has 0 aliphatic heterocycles. The molecule has 17 heavy (non-hydrogen) atoms. The molecule has 1 unspecified atom stereocenters. The molecular weight excluding hydrogens is 225 g/mol. The molecule has 94 valence electrons. The van der Waals surface area contributed by atoms with E-state index in [1.807, 2.05) is 6.92 Å². The third-order valence-corrected chi connectivity index (χ3v) is 2.29. The first-order valence-corrected chi connectivity index (χ1v) is 5.18. The summed E-state index contributed by atoms with van der Waals surface area (Å²) in [5.41, 5.74) is 6.37. The Kier molecular flexibility index (Phi) is 4.86. The van der Waals surface area contributed by atoms with Gasteiger partial charge in [-0.25, -0.2) is 4.39 Å².